The van der Waals surface area contributed by atoms with Gasteiger partial charge < -0.3 is 5.32 Å². The Labute approximate surface area is 143 Å². The van der Waals surface area contributed by atoms with Gasteiger partial charge in [-0.1, -0.05) is 35.9 Å². The maximum absolute atomic E-state index is 12.2. The molecule has 0 spiro atoms. The van der Waals surface area contributed by atoms with Crippen molar-refractivity contribution in [3.8, 4) is 0 Å². The van der Waals surface area contributed by atoms with Crippen LogP contribution in [0.25, 0.3) is 11.0 Å². The van der Waals surface area contributed by atoms with Gasteiger partial charge in [-0.25, -0.2) is 0 Å². The Morgan fingerprint density at radius 2 is 2.04 bits per heavy atom. The largest absolute Gasteiger partial charge is 0.323 e. The molecule has 0 atom stereocenters. The van der Waals surface area contributed by atoms with E-state index in [0.29, 0.717) is 17.3 Å². The van der Waals surface area contributed by atoms with Crippen LogP contribution in [0.2, 0.25) is 5.02 Å². The highest BCUT2D eigenvalue weighted by molar-refractivity contribution is 7.00. The molecule has 3 aromatic rings. The van der Waals surface area contributed by atoms with E-state index < -0.39 is 0 Å². The number of amides is 1. The number of rotatable bonds is 5. The molecule has 1 heterocycles. The van der Waals surface area contributed by atoms with Gasteiger partial charge in [0, 0.05) is 11.6 Å². The van der Waals surface area contributed by atoms with Gasteiger partial charge >= 0.3 is 0 Å². The molecule has 0 radical (unpaired) electrons. The number of carbonyl (C=O) groups is 1. The Bertz CT molecular complexity index is 836. The molecule has 1 amide bonds. The molecule has 1 aromatic heterocycles. The fraction of sp³-hybridized carbons (Fsp3) is 0.188. The van der Waals surface area contributed by atoms with Crippen LogP contribution < -0.4 is 5.32 Å². The normalized spacial score (nSPS) is 11.1. The van der Waals surface area contributed by atoms with Crippen molar-refractivity contribution in [3.05, 3.63) is 53.1 Å². The topological polar surface area (TPSA) is 58.1 Å². The van der Waals surface area contributed by atoms with Gasteiger partial charge in [-0.15, -0.1) is 0 Å². The Kier molecular flexibility index (Phi) is 4.85. The number of anilines is 1. The minimum absolute atomic E-state index is 0.0972. The predicted octanol–water partition coefficient (Wildman–Crippen LogP) is 3.42. The number of fused-ring (bicyclic) bond motifs is 1. The lowest BCUT2D eigenvalue weighted by molar-refractivity contribution is -0.117. The molecule has 2 aromatic carbocycles. The van der Waals surface area contributed by atoms with E-state index in [1.54, 1.807) is 0 Å². The molecule has 0 saturated carbocycles. The van der Waals surface area contributed by atoms with Crippen LogP contribution in [0.4, 0.5) is 5.69 Å². The van der Waals surface area contributed by atoms with E-state index in [4.69, 9.17) is 11.6 Å². The maximum atomic E-state index is 12.2. The zero-order valence-corrected chi connectivity index (χ0v) is 14.1. The van der Waals surface area contributed by atoms with Crippen LogP contribution in [0.5, 0.6) is 0 Å². The van der Waals surface area contributed by atoms with Crippen molar-refractivity contribution in [1.29, 1.82) is 0 Å². The molecule has 0 aliphatic carbocycles. The fourth-order valence-electron chi connectivity index (χ4n) is 2.32. The van der Waals surface area contributed by atoms with E-state index in [2.05, 4.69) is 14.1 Å². The third-order valence-electron chi connectivity index (χ3n) is 3.37. The van der Waals surface area contributed by atoms with Gasteiger partial charge in [-0.3, -0.25) is 9.69 Å². The first kappa shape index (κ1) is 15.9. The summed E-state index contributed by atoms with van der Waals surface area (Å²) in [5.41, 5.74) is 3.19. The number of likely N-dealkylation sites (N-methyl/N-ethyl adjacent to an activating group) is 1. The molecule has 0 aliphatic heterocycles. The Hall–Kier alpha value is -2.02. The van der Waals surface area contributed by atoms with Gasteiger partial charge in [-0.05, 0) is 30.8 Å². The van der Waals surface area contributed by atoms with Crippen LogP contribution >= 0.6 is 23.3 Å². The van der Waals surface area contributed by atoms with Crippen LogP contribution in [0.3, 0.4) is 0 Å². The van der Waals surface area contributed by atoms with Crippen molar-refractivity contribution < 1.29 is 4.79 Å². The number of hydrogen-bond donors (Lipinski definition) is 1. The Morgan fingerprint density at radius 3 is 2.87 bits per heavy atom. The van der Waals surface area contributed by atoms with Crippen molar-refractivity contribution in [1.82, 2.24) is 13.6 Å². The zero-order chi connectivity index (χ0) is 16.2. The van der Waals surface area contributed by atoms with Crippen LogP contribution in [-0.4, -0.2) is 33.1 Å². The van der Waals surface area contributed by atoms with Crippen molar-refractivity contribution >= 4 is 46.0 Å². The van der Waals surface area contributed by atoms with Crippen LogP contribution in [-0.2, 0) is 11.3 Å². The Morgan fingerprint density at radius 1 is 1.22 bits per heavy atom. The molecule has 7 heteroatoms. The Balaban J connectivity index is 1.63. The second kappa shape index (κ2) is 7.04. The average Bonchev–Trinajstić information content (AvgIpc) is 2.99. The first-order chi connectivity index (χ1) is 11.1. The number of nitrogens with zero attached hydrogens (tertiary/aromatic N) is 3. The molecule has 0 fully saturated rings. The third-order valence-corrected chi connectivity index (χ3v) is 4.28. The average molecular weight is 347 g/mol. The molecule has 23 heavy (non-hydrogen) atoms. The smallest absolute Gasteiger partial charge is 0.238 e. The molecule has 0 saturated heterocycles. The quantitative estimate of drug-likeness (QED) is 0.769. The minimum atomic E-state index is -0.0972. The van der Waals surface area contributed by atoms with Gasteiger partial charge in [0.1, 0.15) is 11.0 Å². The maximum Gasteiger partial charge on any atom is 0.238 e. The monoisotopic (exact) mass is 346 g/mol. The minimum Gasteiger partial charge on any atom is -0.323 e. The predicted molar refractivity (Wildman–Crippen MR) is 93.8 cm³/mol. The number of aromatic nitrogens is 2. The van der Waals surface area contributed by atoms with Gasteiger partial charge in [0.25, 0.3) is 0 Å². The van der Waals surface area contributed by atoms with Crippen molar-refractivity contribution in [2.45, 2.75) is 6.54 Å². The highest BCUT2D eigenvalue weighted by Crippen LogP contribution is 2.21. The van der Waals surface area contributed by atoms with E-state index in [1.807, 2.05) is 54.4 Å². The zero-order valence-electron chi connectivity index (χ0n) is 12.5. The molecular weight excluding hydrogens is 332 g/mol. The van der Waals surface area contributed by atoms with Crippen LogP contribution in [0, 0.1) is 0 Å². The van der Waals surface area contributed by atoms with E-state index in [0.717, 1.165) is 28.3 Å². The third kappa shape index (κ3) is 3.85. The van der Waals surface area contributed by atoms with Gasteiger partial charge in [0.15, 0.2) is 0 Å². The molecule has 118 valence electrons. The van der Waals surface area contributed by atoms with Crippen molar-refractivity contribution in [3.63, 3.8) is 0 Å². The van der Waals surface area contributed by atoms with Crippen molar-refractivity contribution in [2.75, 3.05) is 18.9 Å². The first-order valence-electron chi connectivity index (χ1n) is 7.06. The lowest BCUT2D eigenvalue weighted by Gasteiger charge is -2.17. The molecule has 1 N–H and O–H groups in total. The van der Waals surface area contributed by atoms with E-state index in [-0.39, 0.29) is 12.5 Å². The van der Waals surface area contributed by atoms with Gasteiger partial charge in [0.05, 0.1) is 24.0 Å². The number of hydrogen-bond acceptors (Lipinski definition) is 5. The molecule has 0 aliphatic rings. The van der Waals surface area contributed by atoms with E-state index in [9.17, 15) is 4.79 Å². The molecule has 3 rings (SSSR count). The number of benzene rings is 2. The van der Waals surface area contributed by atoms with Crippen LogP contribution in [0.15, 0.2) is 42.5 Å². The standard InChI is InChI=1S/C16H15ClN4OS/c1-21(9-11-5-2-3-6-12(11)17)10-15(22)18-13-7-4-8-14-16(13)20-23-19-14/h2-8H,9-10H2,1H3,(H,18,22). The molecule has 0 bridgehead atoms. The lowest BCUT2D eigenvalue weighted by atomic mass is 10.2. The highest BCUT2D eigenvalue weighted by atomic mass is 35.5. The first-order valence-corrected chi connectivity index (χ1v) is 8.17. The van der Waals surface area contributed by atoms with Crippen molar-refractivity contribution in [2.24, 2.45) is 0 Å². The summed E-state index contributed by atoms with van der Waals surface area (Å²) in [6.07, 6.45) is 0. The summed E-state index contributed by atoms with van der Waals surface area (Å²) < 4.78 is 8.38. The second-order valence-corrected chi connectivity index (χ2v) is 6.19. The summed E-state index contributed by atoms with van der Waals surface area (Å²) in [5.74, 6) is -0.0972. The van der Waals surface area contributed by atoms with Gasteiger partial charge in [0.2, 0.25) is 5.91 Å². The summed E-state index contributed by atoms with van der Waals surface area (Å²) in [7, 11) is 1.88. The highest BCUT2D eigenvalue weighted by Gasteiger charge is 2.11. The summed E-state index contributed by atoms with van der Waals surface area (Å²) in [5, 5.41) is 3.60. The molecule has 5 nitrogen and oxygen atoms in total. The molecular formula is C16H15ClN4OS. The number of carbonyl (C=O) groups excluding carboxylic acids is 1. The fourth-order valence-corrected chi connectivity index (χ4v) is 3.06. The summed E-state index contributed by atoms with van der Waals surface area (Å²) in [6.45, 7) is 0.870. The van der Waals surface area contributed by atoms with E-state index in [1.165, 1.54) is 0 Å². The number of nitrogens with one attached hydrogen (secondary N) is 1. The second-order valence-electron chi connectivity index (χ2n) is 5.25. The van der Waals surface area contributed by atoms with E-state index >= 15 is 0 Å². The van der Waals surface area contributed by atoms with Crippen LogP contribution in [0.1, 0.15) is 5.56 Å². The lowest BCUT2D eigenvalue weighted by Crippen LogP contribution is -2.30. The van der Waals surface area contributed by atoms with Gasteiger partial charge in [-0.2, -0.15) is 8.75 Å². The molecule has 0 unspecified atom stereocenters. The number of halogens is 1. The summed E-state index contributed by atoms with van der Waals surface area (Å²) in [6, 6.07) is 13.2. The summed E-state index contributed by atoms with van der Waals surface area (Å²) in [4.78, 5) is 14.1. The SMILES string of the molecule is CN(CC(=O)Nc1cccc2nsnc12)Cc1ccccc1Cl. The summed E-state index contributed by atoms with van der Waals surface area (Å²) >= 11 is 7.28.